The summed E-state index contributed by atoms with van der Waals surface area (Å²) in [6.45, 7) is 5.62. The molecule has 1 rings (SSSR count). The minimum absolute atomic E-state index is 0.154. The topological polar surface area (TPSA) is 75.3 Å². The van der Waals surface area contributed by atoms with Crippen LogP contribution in [0.15, 0.2) is 0 Å². The average Bonchev–Trinajstić information content (AvgIpc) is 2.97. The molecule has 88 valence electrons. The highest BCUT2D eigenvalue weighted by molar-refractivity contribution is 5.86. The van der Waals surface area contributed by atoms with Crippen molar-refractivity contribution in [3.8, 4) is 0 Å². The first-order valence-corrected chi connectivity index (χ1v) is 5.59. The molecule has 4 N–H and O–H groups in total. The van der Waals surface area contributed by atoms with Crippen molar-refractivity contribution >= 4 is 5.91 Å². The first-order valence-electron chi connectivity index (χ1n) is 5.59. The Hall–Kier alpha value is -0.610. The predicted octanol–water partition coefficient (Wildman–Crippen LogP) is 0.391. The van der Waals surface area contributed by atoms with Crippen LogP contribution in [0.4, 0.5) is 0 Å². The van der Waals surface area contributed by atoms with E-state index in [1.807, 2.05) is 6.92 Å². The number of hydrogen-bond donors (Lipinski definition) is 3. The van der Waals surface area contributed by atoms with Crippen molar-refractivity contribution in [2.45, 2.75) is 51.2 Å². The summed E-state index contributed by atoms with van der Waals surface area (Å²) in [4.78, 5) is 11.8. The van der Waals surface area contributed by atoms with Crippen LogP contribution < -0.4 is 11.1 Å². The number of aliphatic hydroxyl groups is 1. The standard InChI is InChI=1S/C11H22N2O2/c1-4-10(2,15)7-13-9(14)11(3,12)8-5-6-8/h8,15H,4-7,12H2,1-3H3,(H,13,14). The van der Waals surface area contributed by atoms with Crippen LogP contribution in [0.3, 0.4) is 0 Å². The smallest absolute Gasteiger partial charge is 0.240 e. The Labute approximate surface area is 91.2 Å². The molecule has 0 heterocycles. The van der Waals surface area contributed by atoms with Crippen LogP contribution in [0.25, 0.3) is 0 Å². The zero-order chi connectivity index (χ0) is 11.7. The van der Waals surface area contributed by atoms with Crippen LogP contribution >= 0.6 is 0 Å². The number of carbonyl (C=O) groups excluding carboxylic acids is 1. The molecule has 15 heavy (non-hydrogen) atoms. The maximum absolute atomic E-state index is 11.8. The molecule has 0 saturated heterocycles. The SMILES string of the molecule is CCC(C)(O)CNC(=O)C(C)(N)C1CC1. The van der Waals surface area contributed by atoms with Crippen molar-refractivity contribution in [3.05, 3.63) is 0 Å². The fourth-order valence-electron chi connectivity index (χ4n) is 1.45. The molecule has 0 spiro atoms. The second-order valence-corrected chi connectivity index (χ2v) is 5.09. The first kappa shape index (κ1) is 12.5. The van der Waals surface area contributed by atoms with E-state index in [1.165, 1.54) is 0 Å². The van der Waals surface area contributed by atoms with Crippen LogP contribution in [0.5, 0.6) is 0 Å². The summed E-state index contributed by atoms with van der Waals surface area (Å²) in [7, 11) is 0. The van der Waals surface area contributed by atoms with Crippen LogP contribution in [0, 0.1) is 5.92 Å². The predicted molar refractivity (Wildman–Crippen MR) is 59.2 cm³/mol. The van der Waals surface area contributed by atoms with E-state index < -0.39 is 11.1 Å². The van der Waals surface area contributed by atoms with Crippen molar-refractivity contribution in [1.29, 1.82) is 0 Å². The lowest BCUT2D eigenvalue weighted by molar-refractivity contribution is -0.127. The van der Waals surface area contributed by atoms with Gasteiger partial charge in [-0.2, -0.15) is 0 Å². The quantitative estimate of drug-likeness (QED) is 0.619. The molecule has 1 fully saturated rings. The van der Waals surface area contributed by atoms with Gasteiger partial charge >= 0.3 is 0 Å². The Balaban J connectivity index is 2.42. The molecule has 0 bridgehead atoms. The summed E-state index contributed by atoms with van der Waals surface area (Å²) in [6, 6.07) is 0. The molecule has 0 aromatic carbocycles. The third-order valence-electron chi connectivity index (χ3n) is 3.31. The highest BCUT2D eigenvalue weighted by Crippen LogP contribution is 2.38. The largest absolute Gasteiger partial charge is 0.388 e. The van der Waals surface area contributed by atoms with Crippen molar-refractivity contribution < 1.29 is 9.90 Å². The molecule has 1 aliphatic rings. The second kappa shape index (κ2) is 4.10. The van der Waals surface area contributed by atoms with E-state index in [-0.39, 0.29) is 12.5 Å². The summed E-state index contributed by atoms with van der Waals surface area (Å²) >= 11 is 0. The Morgan fingerprint density at radius 1 is 1.53 bits per heavy atom. The zero-order valence-corrected chi connectivity index (χ0v) is 9.84. The number of hydrogen-bond acceptors (Lipinski definition) is 3. The van der Waals surface area contributed by atoms with Crippen LogP contribution in [0.1, 0.15) is 40.0 Å². The van der Waals surface area contributed by atoms with E-state index in [0.717, 1.165) is 12.8 Å². The molecular formula is C11H22N2O2. The summed E-state index contributed by atoms with van der Waals surface area (Å²) in [6.07, 6.45) is 2.67. The van der Waals surface area contributed by atoms with Crippen molar-refractivity contribution in [1.82, 2.24) is 5.32 Å². The molecule has 0 aromatic rings. The lowest BCUT2D eigenvalue weighted by Crippen LogP contribution is -2.55. The van der Waals surface area contributed by atoms with E-state index in [0.29, 0.717) is 12.3 Å². The lowest BCUT2D eigenvalue weighted by atomic mass is 9.95. The Kier molecular flexibility index (Phi) is 3.41. The Morgan fingerprint density at radius 3 is 2.47 bits per heavy atom. The number of nitrogens with two attached hydrogens (primary N) is 1. The molecule has 4 heteroatoms. The van der Waals surface area contributed by atoms with Gasteiger partial charge in [-0.15, -0.1) is 0 Å². The molecule has 2 unspecified atom stereocenters. The number of amides is 1. The van der Waals surface area contributed by atoms with Gasteiger partial charge in [-0.05, 0) is 39.0 Å². The van der Waals surface area contributed by atoms with E-state index in [4.69, 9.17) is 5.73 Å². The summed E-state index contributed by atoms with van der Waals surface area (Å²) < 4.78 is 0. The van der Waals surface area contributed by atoms with Gasteiger partial charge in [0.05, 0.1) is 11.1 Å². The number of carbonyl (C=O) groups is 1. The zero-order valence-electron chi connectivity index (χ0n) is 9.84. The fraction of sp³-hybridized carbons (Fsp3) is 0.909. The molecule has 1 saturated carbocycles. The van der Waals surface area contributed by atoms with Crippen molar-refractivity contribution in [2.24, 2.45) is 11.7 Å². The monoisotopic (exact) mass is 214 g/mol. The fourth-order valence-corrected chi connectivity index (χ4v) is 1.45. The average molecular weight is 214 g/mol. The summed E-state index contributed by atoms with van der Waals surface area (Å²) in [5.41, 5.74) is 4.33. The maximum Gasteiger partial charge on any atom is 0.240 e. The molecule has 0 aliphatic heterocycles. The van der Waals surface area contributed by atoms with E-state index in [1.54, 1.807) is 13.8 Å². The minimum atomic E-state index is -0.838. The third kappa shape index (κ3) is 3.18. The molecule has 1 amide bonds. The highest BCUT2D eigenvalue weighted by atomic mass is 16.3. The minimum Gasteiger partial charge on any atom is -0.388 e. The van der Waals surface area contributed by atoms with Gasteiger partial charge in [0, 0.05) is 6.54 Å². The molecule has 1 aliphatic carbocycles. The molecular weight excluding hydrogens is 192 g/mol. The van der Waals surface area contributed by atoms with E-state index in [9.17, 15) is 9.90 Å². The van der Waals surface area contributed by atoms with E-state index >= 15 is 0 Å². The van der Waals surface area contributed by atoms with Gasteiger partial charge in [0.15, 0.2) is 0 Å². The van der Waals surface area contributed by atoms with Gasteiger partial charge in [0.25, 0.3) is 0 Å². The van der Waals surface area contributed by atoms with Gasteiger partial charge in [-0.1, -0.05) is 6.92 Å². The summed E-state index contributed by atoms with van der Waals surface area (Å²) in [5.74, 6) is 0.155. The van der Waals surface area contributed by atoms with Crippen LogP contribution in [-0.4, -0.2) is 28.7 Å². The first-order chi connectivity index (χ1) is 6.79. The maximum atomic E-state index is 11.8. The lowest BCUT2D eigenvalue weighted by Gasteiger charge is -2.27. The number of nitrogens with one attached hydrogen (secondary N) is 1. The third-order valence-corrected chi connectivity index (χ3v) is 3.31. The van der Waals surface area contributed by atoms with Crippen LogP contribution in [0.2, 0.25) is 0 Å². The normalized spacial score (nSPS) is 24.1. The molecule has 0 aromatic heterocycles. The molecule has 2 atom stereocenters. The molecule has 4 nitrogen and oxygen atoms in total. The Bertz CT molecular complexity index is 245. The van der Waals surface area contributed by atoms with E-state index in [2.05, 4.69) is 5.32 Å². The van der Waals surface area contributed by atoms with Gasteiger partial charge in [-0.3, -0.25) is 4.79 Å². The Morgan fingerprint density at radius 2 is 2.07 bits per heavy atom. The van der Waals surface area contributed by atoms with Crippen LogP contribution in [-0.2, 0) is 4.79 Å². The van der Waals surface area contributed by atoms with Crippen molar-refractivity contribution in [2.75, 3.05) is 6.54 Å². The number of rotatable bonds is 5. The van der Waals surface area contributed by atoms with Gasteiger partial charge in [-0.25, -0.2) is 0 Å². The second-order valence-electron chi connectivity index (χ2n) is 5.09. The molecule has 0 radical (unpaired) electrons. The van der Waals surface area contributed by atoms with Gasteiger partial charge in [0.2, 0.25) is 5.91 Å². The van der Waals surface area contributed by atoms with Gasteiger partial charge in [0.1, 0.15) is 0 Å². The summed E-state index contributed by atoms with van der Waals surface area (Å²) in [5, 5.41) is 12.5. The van der Waals surface area contributed by atoms with Crippen molar-refractivity contribution in [3.63, 3.8) is 0 Å². The highest BCUT2D eigenvalue weighted by Gasteiger charge is 2.44. The van der Waals surface area contributed by atoms with Gasteiger partial charge < -0.3 is 16.2 Å².